The molecule has 0 aliphatic rings. The molecule has 1 rings (SSSR count). The van der Waals surface area contributed by atoms with Crippen molar-refractivity contribution in [3.63, 3.8) is 0 Å². The summed E-state index contributed by atoms with van der Waals surface area (Å²) in [5, 5.41) is 9.45. The van der Waals surface area contributed by atoms with E-state index in [1.54, 1.807) is 19.2 Å². The van der Waals surface area contributed by atoms with Gasteiger partial charge in [0.2, 0.25) is 5.91 Å². The Kier molecular flexibility index (Phi) is 4.73. The highest BCUT2D eigenvalue weighted by Gasteiger charge is 2.27. The molecule has 1 N–H and O–H groups in total. The molecule has 0 aromatic heterocycles. The zero-order chi connectivity index (χ0) is 13.9. The molecule has 0 radical (unpaired) electrons. The molecule has 2 unspecified atom stereocenters. The first-order valence-electron chi connectivity index (χ1n) is 5.59. The monoisotopic (exact) mass is 269 g/mol. The van der Waals surface area contributed by atoms with E-state index in [1.165, 1.54) is 11.8 Å². The van der Waals surface area contributed by atoms with Crippen molar-refractivity contribution in [1.82, 2.24) is 4.90 Å². The summed E-state index contributed by atoms with van der Waals surface area (Å²) in [6.45, 7) is 3.23. The lowest BCUT2D eigenvalue weighted by molar-refractivity contribution is -0.150. The SMILES string of the molecule is CC(C(=O)O)C(=O)N(C)C(C)c1ccc(Cl)cc1. The van der Waals surface area contributed by atoms with Crippen molar-refractivity contribution in [1.29, 1.82) is 0 Å². The van der Waals surface area contributed by atoms with E-state index >= 15 is 0 Å². The van der Waals surface area contributed by atoms with Crippen molar-refractivity contribution >= 4 is 23.5 Å². The van der Waals surface area contributed by atoms with Crippen LogP contribution in [0.3, 0.4) is 0 Å². The van der Waals surface area contributed by atoms with Gasteiger partial charge in [-0.25, -0.2) is 0 Å². The number of hydrogen-bond acceptors (Lipinski definition) is 2. The van der Waals surface area contributed by atoms with Crippen molar-refractivity contribution in [3.05, 3.63) is 34.9 Å². The Labute approximate surface area is 111 Å². The van der Waals surface area contributed by atoms with Crippen LogP contribution in [0, 0.1) is 5.92 Å². The molecular weight excluding hydrogens is 254 g/mol. The lowest BCUT2D eigenvalue weighted by Gasteiger charge is -2.26. The number of nitrogens with zero attached hydrogens (tertiary/aromatic N) is 1. The first-order chi connectivity index (χ1) is 8.34. The zero-order valence-corrected chi connectivity index (χ0v) is 11.3. The number of carbonyl (C=O) groups is 2. The first-order valence-corrected chi connectivity index (χ1v) is 5.97. The van der Waals surface area contributed by atoms with Gasteiger partial charge in [-0.15, -0.1) is 0 Å². The van der Waals surface area contributed by atoms with Crippen LogP contribution < -0.4 is 0 Å². The summed E-state index contributed by atoms with van der Waals surface area (Å²) in [7, 11) is 1.60. The molecule has 1 amide bonds. The highest BCUT2D eigenvalue weighted by molar-refractivity contribution is 6.30. The number of carboxylic acids is 1. The van der Waals surface area contributed by atoms with E-state index in [-0.39, 0.29) is 6.04 Å². The van der Waals surface area contributed by atoms with Gasteiger partial charge in [0.25, 0.3) is 0 Å². The van der Waals surface area contributed by atoms with Gasteiger partial charge in [0.1, 0.15) is 5.92 Å². The van der Waals surface area contributed by atoms with Gasteiger partial charge in [0.15, 0.2) is 0 Å². The molecule has 5 heteroatoms. The lowest BCUT2D eigenvalue weighted by atomic mass is 10.1. The van der Waals surface area contributed by atoms with Crippen LogP contribution in [0.5, 0.6) is 0 Å². The van der Waals surface area contributed by atoms with Crippen LogP contribution in [-0.4, -0.2) is 28.9 Å². The molecule has 0 fully saturated rings. The first kappa shape index (κ1) is 14.5. The number of benzene rings is 1. The van der Waals surface area contributed by atoms with E-state index in [1.807, 2.05) is 19.1 Å². The van der Waals surface area contributed by atoms with Gasteiger partial charge in [0, 0.05) is 12.1 Å². The summed E-state index contributed by atoms with van der Waals surface area (Å²) in [5.74, 6) is -2.56. The van der Waals surface area contributed by atoms with Gasteiger partial charge in [0.05, 0.1) is 6.04 Å². The number of hydrogen-bond donors (Lipinski definition) is 1. The molecular formula is C13H16ClNO3. The molecule has 1 aromatic rings. The fourth-order valence-electron chi connectivity index (χ4n) is 1.57. The predicted molar refractivity (Wildman–Crippen MR) is 69.4 cm³/mol. The molecule has 18 heavy (non-hydrogen) atoms. The summed E-state index contributed by atoms with van der Waals surface area (Å²) < 4.78 is 0. The molecule has 0 heterocycles. The van der Waals surface area contributed by atoms with Gasteiger partial charge in [-0.05, 0) is 31.5 Å². The van der Waals surface area contributed by atoms with E-state index in [9.17, 15) is 9.59 Å². The lowest BCUT2D eigenvalue weighted by Crippen LogP contribution is -2.37. The summed E-state index contributed by atoms with van der Waals surface area (Å²) in [6.07, 6.45) is 0. The third kappa shape index (κ3) is 3.23. The van der Waals surface area contributed by atoms with Crippen molar-refractivity contribution in [2.45, 2.75) is 19.9 Å². The summed E-state index contributed by atoms with van der Waals surface area (Å²) >= 11 is 5.79. The van der Waals surface area contributed by atoms with Gasteiger partial charge in [-0.1, -0.05) is 23.7 Å². The molecule has 98 valence electrons. The maximum atomic E-state index is 11.9. The molecule has 0 aliphatic heterocycles. The van der Waals surface area contributed by atoms with Crippen molar-refractivity contribution in [2.75, 3.05) is 7.05 Å². The minimum atomic E-state index is -1.12. The number of aliphatic carboxylic acids is 1. The smallest absolute Gasteiger partial charge is 0.315 e. The maximum absolute atomic E-state index is 11.9. The average Bonchev–Trinajstić information content (AvgIpc) is 2.36. The number of carboxylic acid groups (broad SMARTS) is 1. The van der Waals surface area contributed by atoms with E-state index < -0.39 is 17.8 Å². The highest BCUT2D eigenvalue weighted by atomic mass is 35.5. The topological polar surface area (TPSA) is 57.6 Å². The maximum Gasteiger partial charge on any atom is 0.315 e. The third-order valence-corrected chi connectivity index (χ3v) is 3.27. The van der Waals surface area contributed by atoms with Crippen LogP contribution in [0.1, 0.15) is 25.5 Å². The Morgan fingerprint density at radius 2 is 1.72 bits per heavy atom. The Hall–Kier alpha value is -1.55. The van der Waals surface area contributed by atoms with Crippen LogP contribution in [0.4, 0.5) is 0 Å². The van der Waals surface area contributed by atoms with Crippen molar-refractivity contribution in [2.24, 2.45) is 5.92 Å². The second-order valence-electron chi connectivity index (χ2n) is 4.24. The quantitative estimate of drug-likeness (QED) is 0.855. The second-order valence-corrected chi connectivity index (χ2v) is 4.67. The van der Waals surface area contributed by atoms with Crippen LogP contribution in [-0.2, 0) is 9.59 Å². The molecule has 0 aliphatic carbocycles. The summed E-state index contributed by atoms with van der Waals surface area (Å²) in [5.41, 5.74) is 0.910. The van der Waals surface area contributed by atoms with Crippen molar-refractivity contribution < 1.29 is 14.7 Å². The second kappa shape index (κ2) is 5.87. The van der Waals surface area contributed by atoms with E-state index in [0.29, 0.717) is 5.02 Å². The highest BCUT2D eigenvalue weighted by Crippen LogP contribution is 2.22. The standard InChI is InChI=1S/C13H16ClNO3/c1-8(13(17)18)12(16)15(3)9(2)10-4-6-11(14)7-5-10/h4-9H,1-3H3,(H,17,18). The van der Waals surface area contributed by atoms with E-state index in [2.05, 4.69) is 0 Å². The summed E-state index contributed by atoms with van der Waals surface area (Å²) in [4.78, 5) is 24.1. The molecule has 0 saturated heterocycles. The normalized spacial score (nSPS) is 13.8. The fourth-order valence-corrected chi connectivity index (χ4v) is 1.69. The number of amides is 1. The Balaban J connectivity index is 2.83. The zero-order valence-electron chi connectivity index (χ0n) is 10.6. The largest absolute Gasteiger partial charge is 0.481 e. The number of carbonyl (C=O) groups excluding carboxylic acids is 1. The predicted octanol–water partition coefficient (Wildman–Crippen LogP) is 2.58. The molecule has 2 atom stereocenters. The van der Waals surface area contributed by atoms with Gasteiger partial charge in [-0.2, -0.15) is 0 Å². The van der Waals surface area contributed by atoms with Crippen LogP contribution in [0.2, 0.25) is 5.02 Å². The minimum absolute atomic E-state index is 0.198. The third-order valence-electron chi connectivity index (χ3n) is 3.02. The Bertz CT molecular complexity index is 444. The molecule has 1 aromatic carbocycles. The Morgan fingerprint density at radius 1 is 1.22 bits per heavy atom. The van der Waals surface area contributed by atoms with Gasteiger partial charge in [-0.3, -0.25) is 9.59 Å². The van der Waals surface area contributed by atoms with Crippen molar-refractivity contribution in [3.8, 4) is 0 Å². The minimum Gasteiger partial charge on any atom is -0.481 e. The molecule has 4 nitrogen and oxygen atoms in total. The van der Waals surface area contributed by atoms with Crippen LogP contribution in [0.15, 0.2) is 24.3 Å². The van der Waals surface area contributed by atoms with E-state index in [4.69, 9.17) is 16.7 Å². The molecule has 0 bridgehead atoms. The number of halogens is 1. The Morgan fingerprint density at radius 3 is 2.17 bits per heavy atom. The van der Waals surface area contributed by atoms with Gasteiger partial charge >= 0.3 is 5.97 Å². The number of rotatable bonds is 4. The summed E-state index contributed by atoms with van der Waals surface area (Å²) in [6, 6.07) is 6.93. The van der Waals surface area contributed by atoms with E-state index in [0.717, 1.165) is 5.56 Å². The average molecular weight is 270 g/mol. The fraction of sp³-hybridized carbons (Fsp3) is 0.385. The van der Waals surface area contributed by atoms with Crippen LogP contribution >= 0.6 is 11.6 Å². The van der Waals surface area contributed by atoms with Gasteiger partial charge < -0.3 is 10.0 Å². The molecule has 0 spiro atoms. The van der Waals surface area contributed by atoms with Crippen LogP contribution in [0.25, 0.3) is 0 Å². The molecule has 0 saturated carbocycles.